The molecule has 2 amide bonds. The van der Waals surface area contributed by atoms with Crippen LogP contribution < -0.4 is 0 Å². The predicted molar refractivity (Wildman–Crippen MR) is 113 cm³/mol. The van der Waals surface area contributed by atoms with Gasteiger partial charge in [0, 0.05) is 26.4 Å². The minimum absolute atomic E-state index is 0.139. The largest absolute Gasteiger partial charge is 0.341 e. The zero-order chi connectivity index (χ0) is 20.5. The molecule has 2 atom stereocenters. The molecule has 6 heteroatoms. The van der Waals surface area contributed by atoms with E-state index in [0.717, 1.165) is 55.5 Å². The third-order valence-electron chi connectivity index (χ3n) is 6.48. The van der Waals surface area contributed by atoms with Crippen LogP contribution in [0.15, 0.2) is 24.3 Å². The van der Waals surface area contributed by atoms with Gasteiger partial charge in [0.2, 0.25) is 11.8 Å². The topological polar surface area (TPSA) is 58.4 Å². The van der Waals surface area contributed by atoms with Gasteiger partial charge in [0.1, 0.15) is 12.4 Å². The maximum absolute atomic E-state index is 13.4. The summed E-state index contributed by atoms with van der Waals surface area (Å²) < 4.78 is 2.10. The molecule has 0 bridgehead atoms. The quantitative estimate of drug-likeness (QED) is 0.797. The summed E-state index contributed by atoms with van der Waals surface area (Å²) in [5, 5.41) is 0. The number of carbonyl (C=O) groups is 2. The smallest absolute Gasteiger partial charge is 0.242 e. The van der Waals surface area contributed by atoms with Crippen molar-refractivity contribution < 1.29 is 9.59 Å². The Morgan fingerprint density at radius 1 is 1.17 bits per heavy atom. The molecular formula is C23H32N4O2. The fourth-order valence-corrected chi connectivity index (χ4v) is 4.99. The van der Waals surface area contributed by atoms with Gasteiger partial charge in [-0.2, -0.15) is 0 Å². The molecule has 156 valence electrons. The van der Waals surface area contributed by atoms with Crippen LogP contribution in [0.1, 0.15) is 51.8 Å². The Hall–Kier alpha value is -2.37. The molecule has 6 nitrogen and oxygen atoms in total. The molecule has 0 spiro atoms. The van der Waals surface area contributed by atoms with E-state index in [4.69, 9.17) is 4.98 Å². The molecule has 4 rings (SSSR count). The first-order chi connectivity index (χ1) is 14.0. The molecule has 2 aliphatic heterocycles. The molecule has 0 saturated carbocycles. The fourth-order valence-electron chi connectivity index (χ4n) is 4.99. The van der Waals surface area contributed by atoms with Crippen LogP contribution in [-0.4, -0.2) is 56.8 Å². The lowest BCUT2D eigenvalue weighted by molar-refractivity contribution is -0.137. The predicted octanol–water partition coefficient (Wildman–Crippen LogP) is 3.24. The molecule has 0 radical (unpaired) electrons. The van der Waals surface area contributed by atoms with Crippen LogP contribution in [0.4, 0.5) is 0 Å². The van der Waals surface area contributed by atoms with E-state index in [9.17, 15) is 9.59 Å². The molecule has 29 heavy (non-hydrogen) atoms. The highest BCUT2D eigenvalue weighted by atomic mass is 16.2. The molecule has 2 fully saturated rings. The molecule has 0 N–H and O–H groups in total. The minimum Gasteiger partial charge on any atom is -0.341 e. The van der Waals surface area contributed by atoms with Gasteiger partial charge in [0.05, 0.1) is 23.1 Å². The molecule has 1 aromatic carbocycles. The lowest BCUT2D eigenvalue weighted by atomic mass is 9.97. The van der Waals surface area contributed by atoms with Gasteiger partial charge in [0.25, 0.3) is 0 Å². The molecule has 0 aliphatic carbocycles. The van der Waals surface area contributed by atoms with Gasteiger partial charge in [-0.3, -0.25) is 9.59 Å². The van der Waals surface area contributed by atoms with Gasteiger partial charge in [-0.15, -0.1) is 0 Å². The number of carbonyl (C=O) groups excluding carboxylic acids is 2. The van der Waals surface area contributed by atoms with Gasteiger partial charge < -0.3 is 14.4 Å². The first kappa shape index (κ1) is 19.9. The summed E-state index contributed by atoms with van der Waals surface area (Å²) in [6.45, 7) is 5.41. The zero-order valence-electron chi connectivity index (χ0n) is 17.8. The second kappa shape index (κ2) is 8.17. The van der Waals surface area contributed by atoms with Crippen molar-refractivity contribution in [3.8, 4) is 0 Å². The van der Waals surface area contributed by atoms with E-state index < -0.39 is 0 Å². The van der Waals surface area contributed by atoms with E-state index in [0.29, 0.717) is 18.9 Å². The molecule has 2 saturated heterocycles. The van der Waals surface area contributed by atoms with E-state index in [2.05, 4.69) is 24.5 Å². The number of hydrogen-bond acceptors (Lipinski definition) is 3. The lowest BCUT2D eigenvalue weighted by Gasteiger charge is -2.35. The second-order valence-corrected chi connectivity index (χ2v) is 8.96. The van der Waals surface area contributed by atoms with E-state index >= 15 is 0 Å². The standard InChI is InChI=1S/C23H32N4O2/c1-16(2)14-21-24-17-8-4-5-9-18(17)27(21)15-23(29)26-13-12-19-20(26)10-6-7-11-22(28)25(19)3/h4-5,8-9,16,19-20H,6-7,10-15H2,1-3H3/t19-,20+/m0/s1. The SMILES string of the molecule is CC(C)Cc1nc2ccccc2n1CC(=O)N1CC[C@H]2[C@H]1CCCCC(=O)N2C. The summed E-state index contributed by atoms with van der Waals surface area (Å²) >= 11 is 0. The van der Waals surface area contributed by atoms with E-state index in [-0.39, 0.29) is 23.9 Å². The highest BCUT2D eigenvalue weighted by molar-refractivity contribution is 5.82. The van der Waals surface area contributed by atoms with Crippen LogP contribution in [-0.2, 0) is 22.6 Å². The average Bonchev–Trinajstić information content (AvgIpc) is 3.24. The maximum atomic E-state index is 13.4. The zero-order valence-corrected chi connectivity index (χ0v) is 17.8. The Morgan fingerprint density at radius 3 is 2.76 bits per heavy atom. The summed E-state index contributed by atoms with van der Waals surface area (Å²) in [6, 6.07) is 8.36. The van der Waals surface area contributed by atoms with Crippen molar-refractivity contribution in [3.63, 3.8) is 0 Å². The van der Waals surface area contributed by atoms with Crippen molar-refractivity contribution in [1.82, 2.24) is 19.4 Å². The third-order valence-corrected chi connectivity index (χ3v) is 6.48. The van der Waals surface area contributed by atoms with E-state index in [1.165, 1.54) is 0 Å². The van der Waals surface area contributed by atoms with Gasteiger partial charge >= 0.3 is 0 Å². The molecule has 2 aliphatic rings. The number of imidazole rings is 1. The number of likely N-dealkylation sites (tertiary alicyclic amines) is 2. The summed E-state index contributed by atoms with van der Waals surface area (Å²) in [6.07, 6.45) is 5.27. The average molecular weight is 397 g/mol. The van der Waals surface area contributed by atoms with Crippen molar-refractivity contribution in [1.29, 1.82) is 0 Å². The highest BCUT2D eigenvalue weighted by Crippen LogP contribution is 2.30. The fraction of sp³-hybridized carbons (Fsp3) is 0.609. The Balaban J connectivity index is 1.59. The van der Waals surface area contributed by atoms with Crippen molar-refractivity contribution >= 4 is 22.8 Å². The normalized spacial score (nSPS) is 22.8. The monoisotopic (exact) mass is 396 g/mol. The van der Waals surface area contributed by atoms with Crippen molar-refractivity contribution in [3.05, 3.63) is 30.1 Å². The van der Waals surface area contributed by atoms with Crippen molar-refractivity contribution in [2.75, 3.05) is 13.6 Å². The molecule has 1 aromatic heterocycles. The van der Waals surface area contributed by atoms with Crippen LogP contribution in [0.25, 0.3) is 11.0 Å². The van der Waals surface area contributed by atoms with Gasteiger partial charge in [0.15, 0.2) is 0 Å². The number of rotatable bonds is 4. The van der Waals surface area contributed by atoms with Crippen LogP contribution in [0.3, 0.4) is 0 Å². The van der Waals surface area contributed by atoms with Crippen LogP contribution in [0.5, 0.6) is 0 Å². The number of fused-ring (bicyclic) bond motifs is 2. The van der Waals surface area contributed by atoms with E-state index in [1.807, 2.05) is 35.0 Å². The first-order valence-corrected chi connectivity index (χ1v) is 10.9. The Morgan fingerprint density at radius 2 is 1.97 bits per heavy atom. The summed E-state index contributed by atoms with van der Waals surface area (Å²) in [7, 11) is 1.91. The van der Waals surface area contributed by atoms with E-state index in [1.54, 1.807) is 0 Å². The summed E-state index contributed by atoms with van der Waals surface area (Å²) in [5.74, 6) is 1.82. The van der Waals surface area contributed by atoms with Crippen LogP contribution in [0, 0.1) is 5.92 Å². The summed E-state index contributed by atoms with van der Waals surface area (Å²) in [4.78, 5) is 34.5. The number of likely N-dealkylation sites (N-methyl/N-ethyl adjacent to an activating group) is 1. The maximum Gasteiger partial charge on any atom is 0.242 e. The third kappa shape index (κ3) is 3.89. The van der Waals surface area contributed by atoms with Gasteiger partial charge in [-0.25, -0.2) is 4.98 Å². The number of amides is 2. The Bertz CT molecular complexity index is 903. The number of benzene rings is 1. The number of aromatic nitrogens is 2. The minimum atomic E-state index is 0.139. The van der Waals surface area contributed by atoms with Gasteiger partial charge in [-0.05, 0) is 37.3 Å². The van der Waals surface area contributed by atoms with Crippen molar-refractivity contribution in [2.45, 2.75) is 71.0 Å². The number of para-hydroxylation sites is 2. The van der Waals surface area contributed by atoms with Crippen LogP contribution >= 0.6 is 0 Å². The molecular weight excluding hydrogens is 364 g/mol. The van der Waals surface area contributed by atoms with Crippen molar-refractivity contribution in [2.24, 2.45) is 5.92 Å². The number of nitrogens with zero attached hydrogens (tertiary/aromatic N) is 4. The lowest BCUT2D eigenvalue weighted by Crippen LogP contribution is -2.49. The Labute approximate surface area is 172 Å². The number of hydrogen-bond donors (Lipinski definition) is 0. The summed E-state index contributed by atoms with van der Waals surface area (Å²) in [5.41, 5.74) is 1.98. The highest BCUT2D eigenvalue weighted by Gasteiger charge is 2.41. The molecule has 2 aromatic rings. The Kier molecular flexibility index (Phi) is 5.61. The van der Waals surface area contributed by atoms with Gasteiger partial charge in [-0.1, -0.05) is 32.4 Å². The first-order valence-electron chi connectivity index (χ1n) is 10.9. The molecule has 3 heterocycles. The van der Waals surface area contributed by atoms with Crippen LogP contribution in [0.2, 0.25) is 0 Å². The second-order valence-electron chi connectivity index (χ2n) is 8.96. The molecule has 0 unspecified atom stereocenters.